The van der Waals surface area contributed by atoms with Crippen LogP contribution in [0.3, 0.4) is 0 Å². The molecule has 0 aliphatic heterocycles. The zero-order chi connectivity index (χ0) is 18.8. The van der Waals surface area contributed by atoms with Gasteiger partial charge in [-0.25, -0.2) is 4.98 Å². The third-order valence-corrected chi connectivity index (χ3v) is 6.12. The molecule has 2 aromatic heterocycles. The normalized spacial score (nSPS) is 21.7. The highest BCUT2D eigenvalue weighted by Crippen LogP contribution is 2.34. The van der Waals surface area contributed by atoms with E-state index in [1.54, 1.807) is 12.4 Å². The molecule has 0 atom stereocenters. The lowest BCUT2D eigenvalue weighted by Crippen LogP contribution is -2.55. The quantitative estimate of drug-likeness (QED) is 0.723. The van der Waals surface area contributed by atoms with Crippen LogP contribution >= 0.6 is 11.3 Å². The smallest absolute Gasteiger partial charge is 0.317 e. The van der Waals surface area contributed by atoms with E-state index in [0.717, 1.165) is 30.1 Å². The molecular weight excluding hydrogens is 364 g/mol. The Morgan fingerprint density at radius 2 is 2.07 bits per heavy atom. The van der Waals surface area contributed by atoms with Crippen molar-refractivity contribution in [3.63, 3.8) is 0 Å². The van der Waals surface area contributed by atoms with Gasteiger partial charge in [-0.15, -0.1) is 11.3 Å². The van der Waals surface area contributed by atoms with Gasteiger partial charge in [-0.05, 0) is 43.7 Å². The Hall–Kier alpha value is -2.32. The average molecular weight is 386 g/mol. The minimum atomic E-state index is -0.783. The second kappa shape index (κ2) is 7.74. The molecule has 0 aromatic carbocycles. The highest BCUT2D eigenvalue weighted by atomic mass is 32.1. The predicted octanol–water partition coefficient (Wildman–Crippen LogP) is 2.26. The number of rotatable bonds is 8. The Balaban J connectivity index is 1.30. The van der Waals surface area contributed by atoms with E-state index in [1.807, 2.05) is 18.2 Å². The summed E-state index contributed by atoms with van der Waals surface area (Å²) in [6.07, 6.45) is 7.30. The summed E-state index contributed by atoms with van der Waals surface area (Å²) < 4.78 is 0. The number of nitrogens with zero attached hydrogens (tertiary/aromatic N) is 3. The average Bonchev–Trinajstić information content (AvgIpc) is 3.29. The first kappa shape index (κ1) is 18.1. The van der Waals surface area contributed by atoms with E-state index in [-0.39, 0.29) is 24.5 Å². The summed E-state index contributed by atoms with van der Waals surface area (Å²) in [5, 5.41) is 12.9. The van der Waals surface area contributed by atoms with Crippen molar-refractivity contribution in [1.29, 1.82) is 0 Å². The Kier molecular flexibility index (Phi) is 5.18. The summed E-state index contributed by atoms with van der Waals surface area (Å²) in [6, 6.07) is 5.95. The van der Waals surface area contributed by atoms with Crippen LogP contribution in [0.25, 0.3) is 10.7 Å². The molecule has 27 heavy (non-hydrogen) atoms. The van der Waals surface area contributed by atoms with Crippen LogP contribution < -0.4 is 5.32 Å². The number of hydrogen-bond acceptors (Lipinski definition) is 6. The molecule has 7 nitrogen and oxygen atoms in total. The van der Waals surface area contributed by atoms with Crippen LogP contribution in [0.5, 0.6) is 0 Å². The van der Waals surface area contributed by atoms with E-state index in [1.165, 1.54) is 24.2 Å². The van der Waals surface area contributed by atoms with Crippen LogP contribution in [0.2, 0.25) is 0 Å². The standard InChI is InChI=1S/C19H22N4O3S/c24-17(25)11-23(10-12-4-5-12)14-7-13(8-14)22-18(26)16-9-21-19(27-16)15-3-1-2-6-20-15/h1-3,6,9,12-14H,4-5,7-8,10-11H2,(H,22,26)(H,24,25). The molecule has 4 rings (SSSR count). The third-order valence-electron chi connectivity index (χ3n) is 5.11. The third kappa shape index (κ3) is 4.51. The molecule has 2 aliphatic rings. The lowest BCUT2D eigenvalue weighted by Gasteiger charge is -2.42. The SMILES string of the molecule is O=C(O)CN(CC1CC1)C1CC(NC(=O)c2cnc(-c3ccccn3)s2)C1. The molecule has 0 spiro atoms. The summed E-state index contributed by atoms with van der Waals surface area (Å²) in [5.41, 5.74) is 0.759. The predicted molar refractivity (Wildman–Crippen MR) is 102 cm³/mol. The number of hydrogen-bond donors (Lipinski definition) is 2. The zero-order valence-corrected chi connectivity index (χ0v) is 15.7. The molecule has 0 saturated heterocycles. The number of nitrogens with one attached hydrogen (secondary N) is 1. The van der Waals surface area contributed by atoms with Gasteiger partial charge in [0.05, 0.1) is 18.4 Å². The first-order chi connectivity index (χ1) is 13.1. The molecule has 0 radical (unpaired) electrons. The van der Waals surface area contributed by atoms with Crippen molar-refractivity contribution in [1.82, 2.24) is 20.2 Å². The first-order valence-electron chi connectivity index (χ1n) is 9.22. The van der Waals surface area contributed by atoms with Crippen LogP contribution in [0.1, 0.15) is 35.4 Å². The largest absolute Gasteiger partial charge is 0.480 e. The number of pyridine rings is 1. The summed E-state index contributed by atoms with van der Waals surface area (Å²) >= 11 is 1.33. The number of amides is 1. The Morgan fingerprint density at radius 1 is 1.26 bits per heavy atom. The Bertz CT molecular complexity index is 815. The molecule has 1 amide bonds. The number of aliphatic carboxylic acids is 1. The Labute approximate surface area is 161 Å². The minimum absolute atomic E-state index is 0.0874. The summed E-state index contributed by atoms with van der Waals surface area (Å²) in [6.45, 7) is 0.948. The van der Waals surface area contributed by atoms with Crippen molar-refractivity contribution < 1.29 is 14.7 Å². The molecule has 2 heterocycles. The molecule has 0 bridgehead atoms. The van der Waals surface area contributed by atoms with Crippen LogP contribution in [0.15, 0.2) is 30.6 Å². The molecule has 2 N–H and O–H groups in total. The van der Waals surface area contributed by atoms with Crippen molar-refractivity contribution in [3.05, 3.63) is 35.5 Å². The van der Waals surface area contributed by atoms with Gasteiger partial charge in [-0.1, -0.05) is 6.07 Å². The van der Waals surface area contributed by atoms with Crippen molar-refractivity contribution in [2.45, 2.75) is 37.8 Å². The van der Waals surface area contributed by atoms with Crippen molar-refractivity contribution in [2.75, 3.05) is 13.1 Å². The topological polar surface area (TPSA) is 95.4 Å². The fourth-order valence-corrected chi connectivity index (χ4v) is 4.19. The molecule has 2 aliphatic carbocycles. The fraction of sp³-hybridized carbons (Fsp3) is 0.474. The van der Waals surface area contributed by atoms with E-state index in [0.29, 0.717) is 10.8 Å². The number of aromatic nitrogens is 2. The highest BCUT2D eigenvalue weighted by molar-refractivity contribution is 7.16. The summed E-state index contributed by atoms with van der Waals surface area (Å²) in [4.78, 5) is 34.7. The molecule has 0 unspecified atom stereocenters. The lowest BCUT2D eigenvalue weighted by atomic mass is 9.85. The number of carbonyl (C=O) groups excluding carboxylic acids is 1. The maximum atomic E-state index is 12.5. The minimum Gasteiger partial charge on any atom is -0.480 e. The van der Waals surface area contributed by atoms with Crippen molar-refractivity contribution in [2.24, 2.45) is 5.92 Å². The molecular formula is C19H22N4O3S. The fourth-order valence-electron chi connectivity index (χ4n) is 3.40. The van der Waals surface area contributed by atoms with Gasteiger partial charge in [-0.2, -0.15) is 0 Å². The van der Waals surface area contributed by atoms with Crippen LogP contribution in [0.4, 0.5) is 0 Å². The maximum Gasteiger partial charge on any atom is 0.317 e. The van der Waals surface area contributed by atoms with Crippen molar-refractivity contribution >= 4 is 23.2 Å². The molecule has 8 heteroatoms. The van der Waals surface area contributed by atoms with Gasteiger partial charge in [-0.3, -0.25) is 19.5 Å². The summed E-state index contributed by atoms with van der Waals surface area (Å²) in [5.74, 6) is -0.250. The van der Waals surface area contributed by atoms with Gasteiger partial charge < -0.3 is 10.4 Å². The number of carboxylic acids is 1. The lowest BCUT2D eigenvalue weighted by molar-refractivity contribution is -0.139. The molecule has 2 saturated carbocycles. The van der Waals surface area contributed by atoms with Gasteiger partial charge in [0.15, 0.2) is 0 Å². The first-order valence-corrected chi connectivity index (χ1v) is 10.0. The van der Waals surface area contributed by atoms with E-state index in [9.17, 15) is 9.59 Å². The maximum absolute atomic E-state index is 12.5. The van der Waals surface area contributed by atoms with Gasteiger partial charge in [0.1, 0.15) is 9.88 Å². The van der Waals surface area contributed by atoms with Gasteiger partial charge >= 0.3 is 5.97 Å². The van der Waals surface area contributed by atoms with E-state index in [4.69, 9.17) is 5.11 Å². The van der Waals surface area contributed by atoms with Gasteiger partial charge in [0.2, 0.25) is 0 Å². The van der Waals surface area contributed by atoms with Crippen LogP contribution in [-0.4, -0.2) is 57.0 Å². The Morgan fingerprint density at radius 3 is 2.74 bits per heavy atom. The number of thiazole rings is 1. The van der Waals surface area contributed by atoms with Crippen LogP contribution in [0, 0.1) is 5.92 Å². The summed E-state index contributed by atoms with van der Waals surface area (Å²) in [7, 11) is 0. The van der Waals surface area contributed by atoms with E-state index < -0.39 is 5.97 Å². The highest BCUT2D eigenvalue weighted by Gasteiger charge is 2.37. The number of carboxylic acid groups (broad SMARTS) is 1. The monoisotopic (exact) mass is 386 g/mol. The molecule has 2 fully saturated rings. The second-order valence-corrected chi connectivity index (χ2v) is 8.34. The molecule has 2 aromatic rings. The second-order valence-electron chi connectivity index (χ2n) is 7.31. The van der Waals surface area contributed by atoms with Crippen LogP contribution in [-0.2, 0) is 4.79 Å². The molecule has 142 valence electrons. The zero-order valence-electron chi connectivity index (χ0n) is 14.9. The number of carbonyl (C=O) groups is 2. The van der Waals surface area contributed by atoms with E-state index >= 15 is 0 Å². The van der Waals surface area contributed by atoms with Gasteiger partial charge in [0.25, 0.3) is 5.91 Å². The van der Waals surface area contributed by atoms with Crippen molar-refractivity contribution in [3.8, 4) is 10.7 Å². The van der Waals surface area contributed by atoms with E-state index in [2.05, 4.69) is 20.2 Å². The van der Waals surface area contributed by atoms with Gasteiger partial charge in [0, 0.05) is 24.8 Å².